The topological polar surface area (TPSA) is 58.6 Å². The lowest BCUT2D eigenvalue weighted by atomic mass is 10.1. The first-order valence-electron chi connectivity index (χ1n) is 7.48. The number of aryl methyl sites for hydroxylation is 1. The van der Waals surface area contributed by atoms with Crippen molar-refractivity contribution in [1.29, 1.82) is 0 Å². The van der Waals surface area contributed by atoms with Crippen LogP contribution in [-0.4, -0.2) is 34.7 Å². The van der Waals surface area contributed by atoms with Crippen molar-refractivity contribution in [2.45, 2.75) is 32.9 Å². The Balaban J connectivity index is 1.92. The molecule has 0 atom stereocenters. The SMILES string of the molecule is CN=C(NCc1cc(C(C)C)no1)N(C)Cc1cccn1C. The van der Waals surface area contributed by atoms with Crippen molar-refractivity contribution >= 4 is 5.96 Å². The van der Waals surface area contributed by atoms with Gasteiger partial charge in [0.05, 0.1) is 18.8 Å². The van der Waals surface area contributed by atoms with Crippen molar-refractivity contribution in [2.75, 3.05) is 14.1 Å². The maximum atomic E-state index is 5.34. The Morgan fingerprint density at radius 3 is 2.82 bits per heavy atom. The number of nitrogens with zero attached hydrogens (tertiary/aromatic N) is 4. The highest BCUT2D eigenvalue weighted by Crippen LogP contribution is 2.13. The van der Waals surface area contributed by atoms with E-state index in [0.717, 1.165) is 24.0 Å². The predicted octanol–water partition coefficient (Wildman–Crippen LogP) is 2.34. The lowest BCUT2D eigenvalue weighted by Crippen LogP contribution is -2.38. The van der Waals surface area contributed by atoms with E-state index in [9.17, 15) is 0 Å². The molecular weight excluding hydrogens is 278 g/mol. The van der Waals surface area contributed by atoms with Crippen LogP contribution in [0.3, 0.4) is 0 Å². The second-order valence-corrected chi connectivity index (χ2v) is 5.74. The van der Waals surface area contributed by atoms with E-state index in [2.05, 4.69) is 44.8 Å². The zero-order valence-corrected chi connectivity index (χ0v) is 14.0. The normalized spacial score (nSPS) is 12.0. The first-order valence-corrected chi connectivity index (χ1v) is 7.48. The van der Waals surface area contributed by atoms with Gasteiger partial charge in [-0.15, -0.1) is 0 Å². The first kappa shape index (κ1) is 16.1. The number of rotatable bonds is 5. The van der Waals surface area contributed by atoms with Crippen molar-refractivity contribution in [3.63, 3.8) is 0 Å². The Labute approximate surface area is 131 Å². The zero-order valence-electron chi connectivity index (χ0n) is 14.0. The zero-order chi connectivity index (χ0) is 16.1. The Morgan fingerprint density at radius 2 is 2.27 bits per heavy atom. The van der Waals surface area contributed by atoms with Gasteiger partial charge in [0.1, 0.15) is 0 Å². The maximum Gasteiger partial charge on any atom is 0.194 e. The van der Waals surface area contributed by atoms with E-state index in [1.165, 1.54) is 5.69 Å². The monoisotopic (exact) mass is 303 g/mol. The van der Waals surface area contributed by atoms with E-state index in [-0.39, 0.29) is 0 Å². The quantitative estimate of drug-likeness (QED) is 0.680. The lowest BCUT2D eigenvalue weighted by Gasteiger charge is -2.21. The van der Waals surface area contributed by atoms with Crippen LogP contribution in [0, 0.1) is 0 Å². The van der Waals surface area contributed by atoms with E-state index >= 15 is 0 Å². The molecule has 0 fully saturated rings. The standard InChI is InChI=1S/C16H25N5O/c1-12(2)15-9-14(22-19-15)10-18-16(17-3)21(5)11-13-7-6-8-20(13)4/h6-9,12H,10-11H2,1-5H3,(H,17,18). The molecule has 1 N–H and O–H groups in total. The van der Waals surface area contributed by atoms with Crippen LogP contribution >= 0.6 is 0 Å². The molecule has 120 valence electrons. The fraction of sp³-hybridized carbons (Fsp3) is 0.500. The molecular formula is C16H25N5O. The summed E-state index contributed by atoms with van der Waals surface area (Å²) in [5.74, 6) is 2.01. The summed E-state index contributed by atoms with van der Waals surface area (Å²) in [5, 5.41) is 7.37. The third kappa shape index (κ3) is 3.90. The first-order chi connectivity index (χ1) is 10.5. The number of hydrogen-bond acceptors (Lipinski definition) is 3. The molecule has 22 heavy (non-hydrogen) atoms. The summed E-state index contributed by atoms with van der Waals surface area (Å²) in [6.45, 7) is 5.56. The fourth-order valence-corrected chi connectivity index (χ4v) is 2.21. The van der Waals surface area contributed by atoms with Gasteiger partial charge in [0, 0.05) is 39.1 Å². The Bertz CT molecular complexity index is 626. The molecule has 0 saturated carbocycles. The number of aromatic nitrogens is 2. The van der Waals surface area contributed by atoms with Gasteiger partial charge < -0.3 is 19.3 Å². The Hall–Kier alpha value is -2.24. The van der Waals surface area contributed by atoms with Crippen LogP contribution in [0.2, 0.25) is 0 Å². The lowest BCUT2D eigenvalue weighted by molar-refractivity contribution is 0.368. The molecule has 0 saturated heterocycles. The van der Waals surface area contributed by atoms with E-state index < -0.39 is 0 Å². The number of hydrogen-bond donors (Lipinski definition) is 1. The van der Waals surface area contributed by atoms with E-state index in [1.54, 1.807) is 7.05 Å². The highest BCUT2D eigenvalue weighted by molar-refractivity contribution is 5.79. The molecule has 0 aliphatic heterocycles. The highest BCUT2D eigenvalue weighted by Gasteiger charge is 2.11. The van der Waals surface area contributed by atoms with Gasteiger partial charge in [0.25, 0.3) is 0 Å². The van der Waals surface area contributed by atoms with Crippen LogP contribution < -0.4 is 5.32 Å². The van der Waals surface area contributed by atoms with Gasteiger partial charge in [-0.2, -0.15) is 0 Å². The molecule has 0 radical (unpaired) electrons. The molecule has 0 unspecified atom stereocenters. The molecule has 6 nitrogen and oxygen atoms in total. The molecule has 0 aliphatic carbocycles. The molecule has 0 spiro atoms. The van der Waals surface area contributed by atoms with Crippen LogP contribution in [0.5, 0.6) is 0 Å². The third-order valence-corrected chi connectivity index (χ3v) is 3.61. The van der Waals surface area contributed by atoms with E-state index in [1.807, 2.05) is 32.4 Å². The minimum absolute atomic E-state index is 0.372. The molecule has 6 heteroatoms. The molecule has 2 aromatic rings. The summed E-state index contributed by atoms with van der Waals surface area (Å²) in [6.07, 6.45) is 2.04. The molecule has 2 aromatic heterocycles. The highest BCUT2D eigenvalue weighted by atomic mass is 16.5. The Morgan fingerprint density at radius 1 is 1.50 bits per heavy atom. The summed E-state index contributed by atoms with van der Waals surface area (Å²) in [6, 6.07) is 6.14. The van der Waals surface area contributed by atoms with Gasteiger partial charge in [0.15, 0.2) is 11.7 Å². The number of guanidine groups is 1. The predicted molar refractivity (Wildman–Crippen MR) is 87.7 cm³/mol. The van der Waals surface area contributed by atoms with Crippen LogP contribution in [0.25, 0.3) is 0 Å². The van der Waals surface area contributed by atoms with E-state index in [0.29, 0.717) is 12.5 Å². The minimum atomic E-state index is 0.372. The second kappa shape index (κ2) is 7.15. The molecule has 2 rings (SSSR count). The van der Waals surface area contributed by atoms with Gasteiger partial charge in [-0.3, -0.25) is 4.99 Å². The molecule has 0 bridgehead atoms. The minimum Gasteiger partial charge on any atom is -0.359 e. The van der Waals surface area contributed by atoms with Gasteiger partial charge in [-0.05, 0) is 18.1 Å². The van der Waals surface area contributed by atoms with Crippen LogP contribution in [0.15, 0.2) is 33.9 Å². The van der Waals surface area contributed by atoms with Crippen molar-refractivity contribution in [3.8, 4) is 0 Å². The van der Waals surface area contributed by atoms with Crippen LogP contribution in [-0.2, 0) is 20.1 Å². The average Bonchev–Trinajstić information content (AvgIpc) is 3.10. The Kier molecular flexibility index (Phi) is 5.25. The van der Waals surface area contributed by atoms with Crippen LogP contribution in [0.4, 0.5) is 0 Å². The van der Waals surface area contributed by atoms with Crippen molar-refractivity contribution in [1.82, 2.24) is 19.9 Å². The molecule has 0 aliphatic rings. The average molecular weight is 303 g/mol. The van der Waals surface area contributed by atoms with Crippen molar-refractivity contribution in [3.05, 3.63) is 41.5 Å². The van der Waals surface area contributed by atoms with Crippen molar-refractivity contribution < 1.29 is 4.52 Å². The second-order valence-electron chi connectivity index (χ2n) is 5.74. The summed E-state index contributed by atoms with van der Waals surface area (Å²) < 4.78 is 7.44. The summed E-state index contributed by atoms with van der Waals surface area (Å²) in [4.78, 5) is 6.39. The van der Waals surface area contributed by atoms with Crippen LogP contribution in [0.1, 0.15) is 36.9 Å². The maximum absolute atomic E-state index is 5.34. The smallest absolute Gasteiger partial charge is 0.194 e. The fourth-order valence-electron chi connectivity index (χ4n) is 2.21. The molecule has 0 aromatic carbocycles. The van der Waals surface area contributed by atoms with Crippen molar-refractivity contribution in [2.24, 2.45) is 12.0 Å². The summed E-state index contributed by atoms with van der Waals surface area (Å²) in [5.41, 5.74) is 2.20. The largest absolute Gasteiger partial charge is 0.359 e. The number of nitrogens with one attached hydrogen (secondary N) is 1. The van der Waals surface area contributed by atoms with E-state index in [4.69, 9.17) is 4.52 Å². The molecule has 2 heterocycles. The molecule has 0 amide bonds. The van der Waals surface area contributed by atoms with Gasteiger partial charge in [0.2, 0.25) is 0 Å². The summed E-state index contributed by atoms with van der Waals surface area (Å²) in [7, 11) is 5.84. The van der Waals surface area contributed by atoms with Gasteiger partial charge >= 0.3 is 0 Å². The number of aliphatic imine (C=N–C) groups is 1. The summed E-state index contributed by atoms with van der Waals surface area (Å²) >= 11 is 0. The van der Waals surface area contributed by atoms with Gasteiger partial charge in [-0.25, -0.2) is 0 Å². The van der Waals surface area contributed by atoms with Gasteiger partial charge in [-0.1, -0.05) is 19.0 Å². The third-order valence-electron chi connectivity index (χ3n) is 3.61.